The number of anilines is 1. The lowest BCUT2D eigenvalue weighted by Crippen LogP contribution is -2.32. The first-order valence-electron chi connectivity index (χ1n) is 8.13. The van der Waals surface area contributed by atoms with Crippen molar-refractivity contribution < 1.29 is 0 Å². The van der Waals surface area contributed by atoms with Gasteiger partial charge in [0.25, 0.3) is 5.56 Å². The van der Waals surface area contributed by atoms with E-state index < -0.39 is 0 Å². The molecule has 0 saturated carbocycles. The van der Waals surface area contributed by atoms with Gasteiger partial charge in [-0.3, -0.25) is 9.78 Å². The molecule has 4 aromatic rings. The number of fused-ring (bicyclic) bond motifs is 2. The molecule has 3 aromatic heterocycles. The molecule has 0 radical (unpaired) electrons. The Labute approximate surface area is 147 Å². The Balaban J connectivity index is 1.62. The highest BCUT2D eigenvalue weighted by Gasteiger charge is 2.21. The monoisotopic (exact) mass is 349 g/mol. The van der Waals surface area contributed by atoms with Gasteiger partial charge in [0, 0.05) is 18.0 Å². The number of aromatic amines is 1. The third kappa shape index (κ3) is 2.35. The van der Waals surface area contributed by atoms with Crippen molar-refractivity contribution >= 4 is 28.3 Å². The van der Waals surface area contributed by atoms with Crippen LogP contribution in [0.15, 0.2) is 52.8 Å². The summed E-state index contributed by atoms with van der Waals surface area (Å²) in [6.07, 6.45) is 2.55. The standard InChI is InChI=1S/C18H15N5OS/c24-17-14-10-19-23(13-4-2-1-3-5-13)16(14)20-18(21-17)22-8-6-15-12(11-22)7-9-25-15/h1-5,7,9-10H,6,8,11H2,(H,20,21,24). The zero-order valence-electron chi connectivity index (χ0n) is 13.3. The second-order valence-electron chi connectivity index (χ2n) is 6.06. The van der Waals surface area contributed by atoms with Crippen LogP contribution >= 0.6 is 11.3 Å². The lowest BCUT2D eigenvalue weighted by molar-refractivity contribution is 0.717. The highest BCUT2D eigenvalue weighted by atomic mass is 32.1. The Bertz CT molecular complexity index is 1110. The van der Waals surface area contributed by atoms with Crippen LogP contribution in [0.3, 0.4) is 0 Å². The minimum absolute atomic E-state index is 0.154. The average molecular weight is 349 g/mol. The molecule has 0 atom stereocenters. The first kappa shape index (κ1) is 14.4. The molecule has 1 aliphatic heterocycles. The highest BCUT2D eigenvalue weighted by Crippen LogP contribution is 2.26. The Morgan fingerprint density at radius 1 is 1.16 bits per heavy atom. The number of thiophene rings is 1. The molecule has 1 aliphatic rings. The van der Waals surface area contributed by atoms with Gasteiger partial charge in [0.15, 0.2) is 5.65 Å². The lowest BCUT2D eigenvalue weighted by Gasteiger charge is -2.27. The maximum atomic E-state index is 12.5. The van der Waals surface area contributed by atoms with Crippen LogP contribution in [0.5, 0.6) is 0 Å². The van der Waals surface area contributed by atoms with Crippen LogP contribution in [0, 0.1) is 0 Å². The van der Waals surface area contributed by atoms with Gasteiger partial charge in [0.2, 0.25) is 5.95 Å². The van der Waals surface area contributed by atoms with Crippen LogP contribution in [0.4, 0.5) is 5.95 Å². The van der Waals surface area contributed by atoms with E-state index in [-0.39, 0.29) is 5.56 Å². The van der Waals surface area contributed by atoms with E-state index in [1.807, 2.05) is 30.3 Å². The summed E-state index contributed by atoms with van der Waals surface area (Å²) >= 11 is 1.80. The molecule has 0 spiro atoms. The number of benzene rings is 1. The van der Waals surface area contributed by atoms with E-state index >= 15 is 0 Å². The summed E-state index contributed by atoms with van der Waals surface area (Å²) in [5.41, 5.74) is 2.63. The van der Waals surface area contributed by atoms with Crippen LogP contribution in [0.2, 0.25) is 0 Å². The Hall–Kier alpha value is -2.93. The van der Waals surface area contributed by atoms with E-state index in [9.17, 15) is 4.79 Å². The number of hydrogen-bond donors (Lipinski definition) is 1. The van der Waals surface area contributed by atoms with E-state index in [2.05, 4.69) is 26.4 Å². The van der Waals surface area contributed by atoms with E-state index in [0.29, 0.717) is 17.0 Å². The molecule has 1 N–H and O–H groups in total. The normalized spacial score (nSPS) is 14.0. The molecule has 4 heterocycles. The molecule has 0 unspecified atom stereocenters. The van der Waals surface area contributed by atoms with Gasteiger partial charge in [-0.05, 0) is 35.6 Å². The minimum atomic E-state index is -0.154. The molecular formula is C18H15N5OS. The molecule has 0 aliphatic carbocycles. The topological polar surface area (TPSA) is 66.8 Å². The van der Waals surface area contributed by atoms with Crippen LogP contribution in [-0.4, -0.2) is 26.3 Å². The molecule has 6 nitrogen and oxygen atoms in total. The average Bonchev–Trinajstić information content (AvgIpc) is 3.28. The number of para-hydroxylation sites is 1. The van der Waals surface area contributed by atoms with Gasteiger partial charge in [0.1, 0.15) is 5.39 Å². The van der Waals surface area contributed by atoms with Crippen molar-refractivity contribution in [3.8, 4) is 5.69 Å². The van der Waals surface area contributed by atoms with Crippen molar-refractivity contribution in [2.24, 2.45) is 0 Å². The number of hydrogen-bond acceptors (Lipinski definition) is 5. The number of rotatable bonds is 2. The van der Waals surface area contributed by atoms with Gasteiger partial charge in [-0.1, -0.05) is 18.2 Å². The predicted molar refractivity (Wildman–Crippen MR) is 98.6 cm³/mol. The van der Waals surface area contributed by atoms with Crippen molar-refractivity contribution in [2.75, 3.05) is 11.4 Å². The zero-order valence-corrected chi connectivity index (χ0v) is 14.2. The maximum absolute atomic E-state index is 12.5. The smallest absolute Gasteiger partial charge is 0.263 e. The van der Waals surface area contributed by atoms with Crippen LogP contribution in [-0.2, 0) is 13.0 Å². The van der Waals surface area contributed by atoms with Gasteiger partial charge in [-0.25, -0.2) is 4.68 Å². The van der Waals surface area contributed by atoms with E-state index in [1.165, 1.54) is 10.4 Å². The first-order valence-corrected chi connectivity index (χ1v) is 9.01. The summed E-state index contributed by atoms with van der Waals surface area (Å²) in [5, 5.41) is 6.98. The quantitative estimate of drug-likeness (QED) is 0.604. The van der Waals surface area contributed by atoms with Gasteiger partial charge in [0.05, 0.1) is 11.9 Å². The van der Waals surface area contributed by atoms with Crippen molar-refractivity contribution in [3.05, 3.63) is 68.8 Å². The summed E-state index contributed by atoms with van der Waals surface area (Å²) in [5.74, 6) is 0.604. The molecular weight excluding hydrogens is 334 g/mol. The number of aromatic nitrogens is 4. The van der Waals surface area contributed by atoms with Crippen molar-refractivity contribution in [3.63, 3.8) is 0 Å². The third-order valence-corrected chi connectivity index (χ3v) is 5.56. The van der Waals surface area contributed by atoms with E-state index in [0.717, 1.165) is 25.2 Å². The Morgan fingerprint density at radius 3 is 2.92 bits per heavy atom. The third-order valence-electron chi connectivity index (χ3n) is 4.53. The molecule has 0 bridgehead atoms. The van der Waals surface area contributed by atoms with Gasteiger partial charge in [-0.2, -0.15) is 10.1 Å². The van der Waals surface area contributed by atoms with Gasteiger partial charge >= 0.3 is 0 Å². The van der Waals surface area contributed by atoms with E-state index in [1.54, 1.807) is 22.2 Å². The molecule has 0 saturated heterocycles. The van der Waals surface area contributed by atoms with Gasteiger partial charge < -0.3 is 4.90 Å². The summed E-state index contributed by atoms with van der Waals surface area (Å²) in [4.78, 5) is 23.7. The molecule has 0 amide bonds. The summed E-state index contributed by atoms with van der Waals surface area (Å²) in [6, 6.07) is 11.9. The van der Waals surface area contributed by atoms with Crippen molar-refractivity contribution in [2.45, 2.75) is 13.0 Å². The van der Waals surface area contributed by atoms with Crippen LogP contribution in [0.25, 0.3) is 16.7 Å². The predicted octanol–water partition coefficient (Wildman–Crippen LogP) is 2.73. The first-order chi connectivity index (χ1) is 12.3. The molecule has 1 aromatic carbocycles. The molecule has 0 fully saturated rings. The summed E-state index contributed by atoms with van der Waals surface area (Å²) < 4.78 is 1.72. The fraction of sp³-hybridized carbons (Fsp3) is 0.167. The van der Waals surface area contributed by atoms with Crippen LogP contribution < -0.4 is 10.5 Å². The number of nitrogens with one attached hydrogen (secondary N) is 1. The molecule has 7 heteroatoms. The van der Waals surface area contributed by atoms with E-state index in [4.69, 9.17) is 4.98 Å². The minimum Gasteiger partial charge on any atom is -0.338 e. The van der Waals surface area contributed by atoms with Crippen molar-refractivity contribution in [1.82, 2.24) is 19.7 Å². The number of H-pyrrole nitrogens is 1. The maximum Gasteiger partial charge on any atom is 0.263 e. The second-order valence-corrected chi connectivity index (χ2v) is 7.06. The Morgan fingerprint density at radius 2 is 2.04 bits per heavy atom. The fourth-order valence-corrected chi connectivity index (χ4v) is 4.13. The molecule has 5 rings (SSSR count). The zero-order chi connectivity index (χ0) is 16.8. The molecule has 25 heavy (non-hydrogen) atoms. The second kappa shape index (κ2) is 5.56. The molecule has 124 valence electrons. The Kier molecular flexibility index (Phi) is 3.21. The summed E-state index contributed by atoms with van der Waals surface area (Å²) in [6.45, 7) is 1.62. The van der Waals surface area contributed by atoms with Crippen LogP contribution in [0.1, 0.15) is 10.4 Å². The van der Waals surface area contributed by atoms with Crippen molar-refractivity contribution in [1.29, 1.82) is 0 Å². The SMILES string of the molecule is O=c1[nH]c(N2CCc3sccc3C2)nc2c1cnn2-c1ccccc1. The highest BCUT2D eigenvalue weighted by molar-refractivity contribution is 7.10. The largest absolute Gasteiger partial charge is 0.338 e. The summed E-state index contributed by atoms with van der Waals surface area (Å²) in [7, 11) is 0. The van der Waals surface area contributed by atoms with Gasteiger partial charge in [-0.15, -0.1) is 11.3 Å². The number of nitrogens with zero attached hydrogens (tertiary/aromatic N) is 4. The fourth-order valence-electron chi connectivity index (χ4n) is 3.24. The lowest BCUT2D eigenvalue weighted by atomic mass is 10.1.